The molecule has 2 amide bonds. The molecule has 0 saturated carbocycles. The summed E-state index contributed by atoms with van der Waals surface area (Å²) in [6.07, 6.45) is 0.259. The highest BCUT2D eigenvalue weighted by Gasteiger charge is 2.36. The molecule has 10 nitrogen and oxygen atoms in total. The van der Waals surface area contributed by atoms with Gasteiger partial charge in [0, 0.05) is 55.4 Å². The van der Waals surface area contributed by atoms with Crippen molar-refractivity contribution in [2.24, 2.45) is 5.10 Å². The van der Waals surface area contributed by atoms with Crippen molar-refractivity contribution >= 4 is 17.5 Å². The SMILES string of the molecule is COc1ccc(C(=O)N(CCN2CCOCC2)CC(=O)N2N=C(c3ccc(OC)cc3OC)CC2c2ccccc2F)cc1. The molecule has 0 aliphatic carbocycles. The minimum atomic E-state index is -0.706. The first-order chi connectivity index (χ1) is 21.4. The standard InChI is InChI=1S/C33H37FN4O6/c1-41-24-10-8-23(9-11-24)33(40)37(15-14-36-16-18-44-19-17-36)22-32(39)38-30(26-6-4-5-7-28(26)34)21-29(35-38)27-13-12-25(42-2)20-31(27)43-3/h4-13,20,30H,14-19,21-22H2,1-3H3. The van der Waals surface area contributed by atoms with Crippen LogP contribution in [0.2, 0.25) is 0 Å². The van der Waals surface area contributed by atoms with Crippen molar-refractivity contribution in [1.82, 2.24) is 14.8 Å². The van der Waals surface area contributed by atoms with Crippen molar-refractivity contribution in [1.29, 1.82) is 0 Å². The molecule has 5 rings (SSSR count). The molecular formula is C33H37FN4O6. The van der Waals surface area contributed by atoms with Crippen LogP contribution in [0.4, 0.5) is 4.39 Å². The van der Waals surface area contributed by atoms with Crippen LogP contribution in [0.5, 0.6) is 17.2 Å². The highest BCUT2D eigenvalue weighted by molar-refractivity contribution is 6.05. The number of hydrogen-bond donors (Lipinski definition) is 0. The molecule has 3 aromatic carbocycles. The second-order valence-corrected chi connectivity index (χ2v) is 10.5. The molecule has 2 heterocycles. The summed E-state index contributed by atoms with van der Waals surface area (Å²) in [4.78, 5) is 31.5. The summed E-state index contributed by atoms with van der Waals surface area (Å²) in [5.41, 5.74) is 2.00. The third-order valence-electron chi connectivity index (χ3n) is 7.89. The Morgan fingerprint density at radius 1 is 0.955 bits per heavy atom. The predicted molar refractivity (Wildman–Crippen MR) is 163 cm³/mol. The van der Waals surface area contributed by atoms with Gasteiger partial charge in [-0.3, -0.25) is 14.5 Å². The highest BCUT2D eigenvalue weighted by Crippen LogP contribution is 2.37. The van der Waals surface area contributed by atoms with E-state index in [0.717, 1.165) is 13.1 Å². The fourth-order valence-corrected chi connectivity index (χ4v) is 5.42. The van der Waals surface area contributed by atoms with Gasteiger partial charge in [-0.05, 0) is 42.5 Å². The van der Waals surface area contributed by atoms with Crippen LogP contribution >= 0.6 is 0 Å². The van der Waals surface area contributed by atoms with Gasteiger partial charge in [-0.25, -0.2) is 9.40 Å². The van der Waals surface area contributed by atoms with E-state index in [-0.39, 0.29) is 18.9 Å². The Hall–Kier alpha value is -4.48. The first-order valence-electron chi connectivity index (χ1n) is 14.5. The van der Waals surface area contributed by atoms with Crippen molar-refractivity contribution in [3.8, 4) is 17.2 Å². The molecule has 0 radical (unpaired) electrons. The lowest BCUT2D eigenvalue weighted by atomic mass is 9.97. The van der Waals surface area contributed by atoms with Gasteiger partial charge in [-0.2, -0.15) is 5.10 Å². The second kappa shape index (κ2) is 14.3. The number of methoxy groups -OCH3 is 3. The number of ether oxygens (including phenoxy) is 4. The van der Waals surface area contributed by atoms with Crippen LogP contribution in [0.15, 0.2) is 71.8 Å². The number of rotatable bonds is 11. The zero-order valence-electron chi connectivity index (χ0n) is 25.2. The molecule has 0 N–H and O–H groups in total. The minimum absolute atomic E-state index is 0.239. The Labute approximate surface area is 256 Å². The average Bonchev–Trinajstić information content (AvgIpc) is 3.52. The largest absolute Gasteiger partial charge is 0.497 e. The Morgan fingerprint density at radius 3 is 2.34 bits per heavy atom. The Kier molecular flexibility index (Phi) is 10.1. The lowest BCUT2D eigenvalue weighted by Gasteiger charge is -2.31. The normalized spacial score (nSPS) is 16.8. The maximum atomic E-state index is 15.1. The van der Waals surface area contributed by atoms with Gasteiger partial charge in [-0.1, -0.05) is 18.2 Å². The first kappa shape index (κ1) is 31.0. The van der Waals surface area contributed by atoms with Crippen molar-refractivity contribution in [2.45, 2.75) is 12.5 Å². The molecule has 1 fully saturated rings. The third kappa shape index (κ3) is 7.00. The molecule has 2 aliphatic rings. The number of nitrogens with zero attached hydrogens (tertiary/aromatic N) is 4. The van der Waals surface area contributed by atoms with E-state index in [9.17, 15) is 9.59 Å². The molecule has 1 saturated heterocycles. The number of morpholine rings is 1. The van der Waals surface area contributed by atoms with Crippen LogP contribution in [0.3, 0.4) is 0 Å². The Balaban J connectivity index is 1.45. The maximum absolute atomic E-state index is 15.1. The van der Waals surface area contributed by atoms with Crippen molar-refractivity contribution in [2.75, 3.05) is 67.3 Å². The van der Waals surface area contributed by atoms with Gasteiger partial charge in [0.25, 0.3) is 11.8 Å². The van der Waals surface area contributed by atoms with E-state index < -0.39 is 17.8 Å². The van der Waals surface area contributed by atoms with E-state index in [1.54, 1.807) is 75.9 Å². The molecule has 0 bridgehead atoms. The quantitative estimate of drug-likeness (QED) is 0.327. The van der Waals surface area contributed by atoms with Gasteiger partial charge in [0.1, 0.15) is 29.6 Å². The summed E-state index contributed by atoms with van der Waals surface area (Å²) < 4.78 is 36.8. The number of amides is 2. The van der Waals surface area contributed by atoms with Gasteiger partial charge in [-0.15, -0.1) is 0 Å². The van der Waals surface area contributed by atoms with Crippen LogP contribution in [-0.2, 0) is 9.53 Å². The number of halogens is 1. The number of carbonyl (C=O) groups is 2. The van der Waals surface area contributed by atoms with E-state index in [1.807, 2.05) is 6.07 Å². The van der Waals surface area contributed by atoms with E-state index in [2.05, 4.69) is 4.90 Å². The smallest absolute Gasteiger partial charge is 0.262 e. The summed E-state index contributed by atoms with van der Waals surface area (Å²) in [5.74, 6) is 0.591. The van der Waals surface area contributed by atoms with Crippen LogP contribution < -0.4 is 14.2 Å². The van der Waals surface area contributed by atoms with E-state index in [4.69, 9.17) is 24.0 Å². The van der Waals surface area contributed by atoms with Crippen molar-refractivity contribution < 1.29 is 32.9 Å². The van der Waals surface area contributed by atoms with Crippen molar-refractivity contribution in [3.63, 3.8) is 0 Å². The highest BCUT2D eigenvalue weighted by atomic mass is 19.1. The molecule has 0 spiro atoms. The summed E-state index contributed by atoms with van der Waals surface area (Å²) in [6.45, 7) is 3.39. The van der Waals surface area contributed by atoms with E-state index in [1.165, 1.54) is 16.0 Å². The summed E-state index contributed by atoms with van der Waals surface area (Å²) in [7, 11) is 4.67. The number of carbonyl (C=O) groups excluding carboxylic acids is 2. The molecule has 0 aromatic heterocycles. The lowest BCUT2D eigenvalue weighted by Crippen LogP contribution is -2.46. The average molecular weight is 605 g/mol. The zero-order valence-corrected chi connectivity index (χ0v) is 25.2. The molecule has 1 unspecified atom stereocenters. The molecule has 1 atom stereocenters. The second-order valence-electron chi connectivity index (χ2n) is 10.5. The minimum Gasteiger partial charge on any atom is -0.497 e. The summed E-state index contributed by atoms with van der Waals surface area (Å²) in [6, 6.07) is 17.8. The number of hydrazone groups is 1. The fraction of sp³-hybridized carbons (Fsp3) is 0.364. The maximum Gasteiger partial charge on any atom is 0.262 e. The molecule has 232 valence electrons. The van der Waals surface area contributed by atoms with Gasteiger partial charge >= 0.3 is 0 Å². The molecule has 44 heavy (non-hydrogen) atoms. The lowest BCUT2D eigenvalue weighted by molar-refractivity contribution is -0.133. The van der Waals surface area contributed by atoms with Gasteiger partial charge in [0.15, 0.2) is 0 Å². The van der Waals surface area contributed by atoms with Gasteiger partial charge in [0.2, 0.25) is 0 Å². The third-order valence-corrected chi connectivity index (χ3v) is 7.89. The monoisotopic (exact) mass is 604 g/mol. The van der Waals surface area contributed by atoms with Gasteiger partial charge < -0.3 is 23.8 Å². The van der Waals surface area contributed by atoms with Crippen LogP contribution in [0, 0.1) is 5.82 Å². The predicted octanol–water partition coefficient (Wildman–Crippen LogP) is 4.00. The summed E-state index contributed by atoms with van der Waals surface area (Å²) in [5, 5.41) is 6.02. The van der Waals surface area contributed by atoms with E-state index >= 15 is 4.39 Å². The van der Waals surface area contributed by atoms with Crippen LogP contribution in [0.25, 0.3) is 0 Å². The fourth-order valence-electron chi connectivity index (χ4n) is 5.42. The molecule has 2 aliphatic heterocycles. The Morgan fingerprint density at radius 2 is 1.66 bits per heavy atom. The topological polar surface area (TPSA) is 93.1 Å². The number of hydrogen-bond acceptors (Lipinski definition) is 8. The van der Waals surface area contributed by atoms with E-state index in [0.29, 0.717) is 66.0 Å². The first-order valence-corrected chi connectivity index (χ1v) is 14.5. The Bertz CT molecular complexity index is 1490. The summed E-state index contributed by atoms with van der Waals surface area (Å²) >= 11 is 0. The van der Waals surface area contributed by atoms with Crippen molar-refractivity contribution in [3.05, 3.63) is 89.2 Å². The molecular weight excluding hydrogens is 567 g/mol. The van der Waals surface area contributed by atoms with Crippen LogP contribution in [0.1, 0.15) is 33.9 Å². The zero-order chi connectivity index (χ0) is 31.1. The van der Waals surface area contributed by atoms with Gasteiger partial charge in [0.05, 0.1) is 46.3 Å². The molecule has 11 heteroatoms. The van der Waals surface area contributed by atoms with Crippen LogP contribution in [-0.4, -0.2) is 99.6 Å². The number of benzene rings is 3. The molecule has 3 aromatic rings.